The fourth-order valence-corrected chi connectivity index (χ4v) is 5.69. The lowest BCUT2D eigenvalue weighted by Gasteiger charge is -2.36. The lowest BCUT2D eigenvalue weighted by atomic mass is 9.80. The number of carbonyl (C=O) groups excluding carboxylic acids is 1. The summed E-state index contributed by atoms with van der Waals surface area (Å²) in [5, 5.41) is 3.45. The van der Waals surface area contributed by atoms with Crippen molar-refractivity contribution < 1.29 is 22.7 Å². The SMILES string of the molecule is Cc1cccc(CN(C(=O)C2CNCCC2c2ccc(CCCOc3c(F)ccc(F)c3F)cc2)C2CC2)c1C. The van der Waals surface area contributed by atoms with Gasteiger partial charge in [-0.15, -0.1) is 0 Å². The number of amides is 1. The highest BCUT2D eigenvalue weighted by molar-refractivity contribution is 5.81. The summed E-state index contributed by atoms with van der Waals surface area (Å²) < 4.78 is 46.1. The van der Waals surface area contributed by atoms with Crippen molar-refractivity contribution in [3.8, 4) is 5.75 Å². The first-order valence-electron chi connectivity index (χ1n) is 14.2. The van der Waals surface area contributed by atoms with Crippen molar-refractivity contribution in [1.29, 1.82) is 0 Å². The molecule has 2 atom stereocenters. The molecule has 5 rings (SSSR count). The van der Waals surface area contributed by atoms with Gasteiger partial charge < -0.3 is 15.0 Å². The average molecular weight is 551 g/mol. The third kappa shape index (κ3) is 6.35. The van der Waals surface area contributed by atoms with Crippen LogP contribution in [0.5, 0.6) is 5.75 Å². The van der Waals surface area contributed by atoms with E-state index in [-0.39, 0.29) is 24.3 Å². The first-order valence-corrected chi connectivity index (χ1v) is 14.2. The molecule has 4 nitrogen and oxygen atoms in total. The van der Waals surface area contributed by atoms with Gasteiger partial charge in [-0.1, -0.05) is 42.5 Å². The number of nitrogens with one attached hydrogen (secondary N) is 1. The summed E-state index contributed by atoms with van der Waals surface area (Å²) in [5.41, 5.74) is 5.95. The summed E-state index contributed by atoms with van der Waals surface area (Å²) in [6.45, 7) is 6.53. The van der Waals surface area contributed by atoms with E-state index >= 15 is 0 Å². The van der Waals surface area contributed by atoms with E-state index in [1.165, 1.54) is 16.7 Å². The van der Waals surface area contributed by atoms with Gasteiger partial charge in [-0.3, -0.25) is 4.79 Å². The van der Waals surface area contributed by atoms with Gasteiger partial charge in [0.05, 0.1) is 12.5 Å². The van der Waals surface area contributed by atoms with Crippen LogP contribution in [0, 0.1) is 37.2 Å². The normalized spacial score (nSPS) is 18.9. The van der Waals surface area contributed by atoms with Crippen molar-refractivity contribution >= 4 is 5.91 Å². The number of hydrogen-bond acceptors (Lipinski definition) is 3. The van der Waals surface area contributed by atoms with Gasteiger partial charge in [0.2, 0.25) is 11.7 Å². The number of aryl methyl sites for hydroxylation is 2. The Hall–Kier alpha value is -3.32. The standard InChI is InChI=1S/C33H37F3N2O2/c1-21-5-3-7-25(22(21)2)20-38(26-12-13-26)33(39)28-19-37-17-16-27(28)24-10-8-23(9-11-24)6-4-18-40-32-30(35)15-14-29(34)31(32)36/h3,5,7-11,14-15,26-28,37H,4,6,12-13,16-20H2,1-2H3. The molecule has 2 unspecified atom stereocenters. The number of carbonyl (C=O) groups is 1. The second-order valence-electron chi connectivity index (χ2n) is 11.1. The maximum atomic E-state index is 14.0. The number of rotatable bonds is 10. The number of ether oxygens (including phenoxy) is 1. The minimum Gasteiger partial charge on any atom is -0.488 e. The van der Waals surface area contributed by atoms with E-state index < -0.39 is 23.2 Å². The van der Waals surface area contributed by atoms with Crippen LogP contribution in [0.2, 0.25) is 0 Å². The van der Waals surface area contributed by atoms with Crippen LogP contribution in [0.1, 0.15) is 59.4 Å². The van der Waals surface area contributed by atoms with Crippen molar-refractivity contribution in [3.05, 3.63) is 99.9 Å². The highest BCUT2D eigenvalue weighted by Gasteiger charge is 2.40. The summed E-state index contributed by atoms with van der Waals surface area (Å²) in [6.07, 6.45) is 4.21. The second-order valence-corrected chi connectivity index (χ2v) is 11.1. The molecule has 0 aromatic heterocycles. The highest BCUT2D eigenvalue weighted by Crippen LogP contribution is 2.36. The first-order chi connectivity index (χ1) is 19.3. The molecule has 1 aliphatic heterocycles. The van der Waals surface area contributed by atoms with E-state index in [1.54, 1.807) is 0 Å². The predicted octanol–water partition coefficient (Wildman–Crippen LogP) is 6.62. The Morgan fingerprint density at radius 3 is 2.48 bits per heavy atom. The Balaban J connectivity index is 1.22. The fourth-order valence-electron chi connectivity index (χ4n) is 5.69. The third-order valence-corrected chi connectivity index (χ3v) is 8.39. The lowest BCUT2D eigenvalue weighted by molar-refractivity contribution is -0.138. The Kier molecular flexibility index (Phi) is 8.79. The molecule has 1 N–H and O–H groups in total. The second kappa shape index (κ2) is 12.5. The van der Waals surface area contributed by atoms with Gasteiger partial charge >= 0.3 is 0 Å². The molecule has 0 radical (unpaired) electrons. The van der Waals surface area contributed by atoms with E-state index in [2.05, 4.69) is 66.5 Å². The summed E-state index contributed by atoms with van der Waals surface area (Å²) in [7, 11) is 0. The van der Waals surface area contributed by atoms with E-state index in [1.807, 2.05) is 0 Å². The zero-order chi connectivity index (χ0) is 28.2. The predicted molar refractivity (Wildman–Crippen MR) is 150 cm³/mol. The van der Waals surface area contributed by atoms with Crippen LogP contribution < -0.4 is 10.1 Å². The molecule has 2 aliphatic rings. The van der Waals surface area contributed by atoms with E-state index in [9.17, 15) is 18.0 Å². The monoisotopic (exact) mass is 550 g/mol. The van der Waals surface area contributed by atoms with Gasteiger partial charge in [-0.05, 0) is 98.4 Å². The first kappa shape index (κ1) is 28.2. The van der Waals surface area contributed by atoms with Crippen LogP contribution in [-0.4, -0.2) is 36.5 Å². The molecule has 1 aliphatic carbocycles. The quantitative estimate of drug-likeness (QED) is 0.228. The van der Waals surface area contributed by atoms with Gasteiger partial charge in [0.25, 0.3) is 0 Å². The Morgan fingerprint density at radius 1 is 0.975 bits per heavy atom. The zero-order valence-electron chi connectivity index (χ0n) is 23.2. The minimum atomic E-state index is -1.30. The van der Waals surface area contributed by atoms with E-state index in [0.717, 1.165) is 49.1 Å². The molecule has 2 fully saturated rings. The Morgan fingerprint density at radius 2 is 1.73 bits per heavy atom. The maximum Gasteiger partial charge on any atom is 0.228 e. The lowest BCUT2D eigenvalue weighted by Crippen LogP contribution is -2.47. The molecule has 1 heterocycles. The van der Waals surface area contributed by atoms with Crippen LogP contribution in [0.4, 0.5) is 13.2 Å². The molecule has 40 heavy (non-hydrogen) atoms. The average Bonchev–Trinajstić information content (AvgIpc) is 3.81. The largest absolute Gasteiger partial charge is 0.488 e. The molecular weight excluding hydrogens is 513 g/mol. The fraction of sp³-hybridized carbons (Fsp3) is 0.424. The smallest absolute Gasteiger partial charge is 0.228 e. The number of benzene rings is 3. The van der Waals surface area contributed by atoms with Crippen molar-refractivity contribution in [2.75, 3.05) is 19.7 Å². The van der Waals surface area contributed by atoms with E-state index in [4.69, 9.17) is 4.74 Å². The summed E-state index contributed by atoms with van der Waals surface area (Å²) in [4.78, 5) is 16.1. The zero-order valence-corrected chi connectivity index (χ0v) is 23.2. The van der Waals surface area contributed by atoms with Crippen LogP contribution >= 0.6 is 0 Å². The van der Waals surface area contributed by atoms with Crippen LogP contribution in [-0.2, 0) is 17.8 Å². The molecule has 0 spiro atoms. The molecule has 1 saturated carbocycles. The summed E-state index contributed by atoms with van der Waals surface area (Å²) >= 11 is 0. The molecule has 7 heteroatoms. The van der Waals surface area contributed by atoms with Gasteiger partial charge in [0.15, 0.2) is 17.4 Å². The maximum absolute atomic E-state index is 14.0. The molecule has 1 saturated heterocycles. The number of halogens is 3. The van der Waals surface area contributed by atoms with Gasteiger partial charge in [0, 0.05) is 19.1 Å². The van der Waals surface area contributed by atoms with Crippen molar-refractivity contribution in [2.45, 2.75) is 64.5 Å². The van der Waals surface area contributed by atoms with Crippen LogP contribution in [0.15, 0.2) is 54.6 Å². The highest BCUT2D eigenvalue weighted by atomic mass is 19.2. The molecule has 212 valence electrons. The Labute approximate surface area is 234 Å². The Bertz CT molecular complexity index is 1340. The van der Waals surface area contributed by atoms with Crippen LogP contribution in [0.25, 0.3) is 0 Å². The summed E-state index contributed by atoms with van der Waals surface area (Å²) in [5.74, 6) is -3.76. The molecule has 0 bridgehead atoms. The minimum absolute atomic E-state index is 0.0708. The van der Waals surface area contributed by atoms with Crippen molar-refractivity contribution in [1.82, 2.24) is 10.2 Å². The topological polar surface area (TPSA) is 41.6 Å². The molecule has 3 aromatic carbocycles. The number of hydrogen-bond donors (Lipinski definition) is 1. The third-order valence-electron chi connectivity index (χ3n) is 8.39. The van der Waals surface area contributed by atoms with E-state index in [0.29, 0.717) is 32.0 Å². The molecule has 3 aromatic rings. The van der Waals surface area contributed by atoms with Gasteiger partial charge in [-0.25, -0.2) is 8.78 Å². The molecular formula is C33H37F3N2O2. The van der Waals surface area contributed by atoms with Crippen molar-refractivity contribution in [2.24, 2.45) is 5.92 Å². The number of nitrogens with zero attached hydrogens (tertiary/aromatic N) is 1. The van der Waals surface area contributed by atoms with Crippen LogP contribution in [0.3, 0.4) is 0 Å². The number of piperidine rings is 1. The molecule has 1 amide bonds. The van der Waals surface area contributed by atoms with Gasteiger partial charge in [0.1, 0.15) is 0 Å². The van der Waals surface area contributed by atoms with Crippen molar-refractivity contribution in [3.63, 3.8) is 0 Å². The summed E-state index contributed by atoms with van der Waals surface area (Å²) in [6, 6.07) is 16.6. The van der Waals surface area contributed by atoms with Gasteiger partial charge in [-0.2, -0.15) is 4.39 Å².